The molecule has 0 radical (unpaired) electrons. The second-order valence-electron chi connectivity index (χ2n) is 5.05. The summed E-state index contributed by atoms with van der Waals surface area (Å²) in [4.78, 5) is 12.5. The van der Waals surface area contributed by atoms with Crippen LogP contribution in [0.25, 0.3) is 0 Å². The first-order valence-corrected chi connectivity index (χ1v) is 7.26. The van der Waals surface area contributed by atoms with Crippen molar-refractivity contribution in [2.75, 3.05) is 44.0 Å². The van der Waals surface area contributed by atoms with Crippen molar-refractivity contribution in [2.24, 2.45) is 0 Å². The van der Waals surface area contributed by atoms with Gasteiger partial charge in [0.05, 0.1) is 12.2 Å². The highest BCUT2D eigenvalue weighted by Crippen LogP contribution is 2.21. The van der Waals surface area contributed by atoms with Gasteiger partial charge >= 0.3 is 6.01 Å². The van der Waals surface area contributed by atoms with Gasteiger partial charge < -0.3 is 25.2 Å². The van der Waals surface area contributed by atoms with E-state index in [1.807, 2.05) is 6.92 Å². The van der Waals surface area contributed by atoms with Gasteiger partial charge in [-0.1, -0.05) is 6.92 Å². The van der Waals surface area contributed by atoms with Crippen LogP contribution < -0.4 is 15.4 Å². The number of nitrogens with one attached hydrogen (secondary N) is 2. The highest BCUT2D eigenvalue weighted by atomic mass is 16.5. The Hall–Kier alpha value is -1.67. The van der Waals surface area contributed by atoms with Crippen LogP contribution in [-0.2, 0) is 4.74 Å². The number of aromatic nitrogens is 3. The summed E-state index contributed by atoms with van der Waals surface area (Å²) < 4.78 is 10.7. The molecule has 0 amide bonds. The molecule has 8 heteroatoms. The summed E-state index contributed by atoms with van der Waals surface area (Å²) in [6.45, 7) is 4.08. The molecule has 3 N–H and O–H groups in total. The number of hydrogen-bond acceptors (Lipinski definition) is 8. The third-order valence-corrected chi connectivity index (χ3v) is 3.27. The highest BCUT2D eigenvalue weighted by molar-refractivity contribution is 5.35. The van der Waals surface area contributed by atoms with Crippen LogP contribution in [0.3, 0.4) is 0 Å². The number of hydrogen-bond donors (Lipinski definition) is 3. The minimum absolute atomic E-state index is 0.276. The molecule has 1 aromatic heterocycles. The van der Waals surface area contributed by atoms with Gasteiger partial charge in [-0.2, -0.15) is 15.0 Å². The lowest BCUT2D eigenvalue weighted by molar-refractivity contribution is -0.0544. The fourth-order valence-electron chi connectivity index (χ4n) is 1.98. The Bertz CT molecular complexity index is 451. The van der Waals surface area contributed by atoms with Crippen LogP contribution in [0.1, 0.15) is 26.2 Å². The molecule has 0 saturated carbocycles. The SMILES string of the molecule is CCCOc1nc(NC)nc(NCC2(O)CCOCC2)n1. The summed E-state index contributed by atoms with van der Waals surface area (Å²) >= 11 is 0. The molecule has 0 aliphatic carbocycles. The summed E-state index contributed by atoms with van der Waals surface area (Å²) in [7, 11) is 1.73. The quantitative estimate of drug-likeness (QED) is 0.674. The molecule has 0 aromatic carbocycles. The van der Waals surface area contributed by atoms with E-state index in [2.05, 4.69) is 25.6 Å². The smallest absolute Gasteiger partial charge is 0.323 e. The van der Waals surface area contributed by atoms with E-state index in [9.17, 15) is 5.11 Å². The Morgan fingerprint density at radius 2 is 1.95 bits per heavy atom. The third-order valence-electron chi connectivity index (χ3n) is 3.27. The van der Waals surface area contributed by atoms with Crippen LogP contribution >= 0.6 is 0 Å². The second-order valence-corrected chi connectivity index (χ2v) is 5.05. The molecular weight excluding hydrogens is 274 g/mol. The fraction of sp³-hybridized carbons (Fsp3) is 0.769. The van der Waals surface area contributed by atoms with Crippen molar-refractivity contribution in [1.29, 1.82) is 0 Å². The van der Waals surface area contributed by atoms with Crippen LogP contribution in [0.5, 0.6) is 6.01 Å². The van der Waals surface area contributed by atoms with Gasteiger partial charge in [0.2, 0.25) is 11.9 Å². The Morgan fingerprint density at radius 1 is 1.24 bits per heavy atom. The normalized spacial score (nSPS) is 17.3. The molecule has 0 atom stereocenters. The molecule has 1 saturated heterocycles. The van der Waals surface area contributed by atoms with Crippen LogP contribution in [0.2, 0.25) is 0 Å². The van der Waals surface area contributed by atoms with Gasteiger partial charge in [0.1, 0.15) is 0 Å². The molecule has 0 spiro atoms. The van der Waals surface area contributed by atoms with Gasteiger partial charge in [0.25, 0.3) is 0 Å². The average Bonchev–Trinajstić information content (AvgIpc) is 2.51. The molecule has 2 heterocycles. The summed E-state index contributed by atoms with van der Waals surface area (Å²) in [5.41, 5.74) is -0.783. The van der Waals surface area contributed by atoms with Crippen molar-refractivity contribution in [2.45, 2.75) is 31.8 Å². The molecule has 2 rings (SSSR count). The van der Waals surface area contributed by atoms with E-state index < -0.39 is 5.60 Å². The summed E-state index contributed by atoms with van der Waals surface area (Å²) in [6.07, 6.45) is 2.08. The Balaban J connectivity index is 2.00. The molecule has 1 fully saturated rings. The third kappa shape index (κ3) is 4.68. The van der Waals surface area contributed by atoms with E-state index in [1.54, 1.807) is 7.05 Å². The molecule has 118 valence electrons. The van der Waals surface area contributed by atoms with Gasteiger partial charge in [-0.05, 0) is 6.42 Å². The van der Waals surface area contributed by atoms with Crippen molar-refractivity contribution in [3.8, 4) is 6.01 Å². The van der Waals surface area contributed by atoms with Gasteiger partial charge in [-0.15, -0.1) is 0 Å². The topological polar surface area (TPSA) is 101 Å². The maximum Gasteiger partial charge on any atom is 0.323 e. The molecule has 0 unspecified atom stereocenters. The van der Waals surface area contributed by atoms with Gasteiger partial charge in [0.15, 0.2) is 0 Å². The average molecular weight is 297 g/mol. The van der Waals surface area contributed by atoms with Gasteiger partial charge in [-0.25, -0.2) is 0 Å². The monoisotopic (exact) mass is 297 g/mol. The Morgan fingerprint density at radius 3 is 2.62 bits per heavy atom. The lowest BCUT2D eigenvalue weighted by Crippen LogP contribution is -2.42. The first kappa shape index (κ1) is 15.7. The zero-order valence-corrected chi connectivity index (χ0v) is 12.6. The number of ether oxygens (including phenoxy) is 2. The molecule has 1 aliphatic rings. The first-order valence-electron chi connectivity index (χ1n) is 7.26. The van der Waals surface area contributed by atoms with Gasteiger partial charge in [-0.3, -0.25) is 0 Å². The maximum absolute atomic E-state index is 10.4. The van der Waals surface area contributed by atoms with Crippen LogP contribution in [0, 0.1) is 0 Å². The summed E-state index contributed by atoms with van der Waals surface area (Å²) in [5, 5.41) is 16.3. The van der Waals surface area contributed by atoms with E-state index in [4.69, 9.17) is 9.47 Å². The van der Waals surface area contributed by atoms with E-state index in [-0.39, 0.29) is 6.01 Å². The molecule has 1 aliphatic heterocycles. The van der Waals surface area contributed by atoms with E-state index >= 15 is 0 Å². The fourth-order valence-corrected chi connectivity index (χ4v) is 1.98. The van der Waals surface area contributed by atoms with Crippen LogP contribution in [-0.4, -0.2) is 59.1 Å². The van der Waals surface area contributed by atoms with Crippen LogP contribution in [0.4, 0.5) is 11.9 Å². The Kier molecular flexibility index (Phi) is 5.51. The molecule has 1 aromatic rings. The summed E-state index contributed by atoms with van der Waals surface area (Å²) in [5.74, 6) is 0.818. The van der Waals surface area contributed by atoms with Crippen molar-refractivity contribution < 1.29 is 14.6 Å². The van der Waals surface area contributed by atoms with Crippen molar-refractivity contribution in [3.05, 3.63) is 0 Å². The predicted molar refractivity (Wildman–Crippen MR) is 78.7 cm³/mol. The van der Waals surface area contributed by atoms with Crippen molar-refractivity contribution >= 4 is 11.9 Å². The van der Waals surface area contributed by atoms with Crippen LogP contribution in [0.15, 0.2) is 0 Å². The molecule has 21 heavy (non-hydrogen) atoms. The molecule has 0 bridgehead atoms. The van der Waals surface area contributed by atoms with E-state index in [1.165, 1.54) is 0 Å². The number of anilines is 2. The summed E-state index contributed by atoms with van der Waals surface area (Å²) in [6, 6.07) is 0.276. The number of aliphatic hydroxyl groups is 1. The molecular formula is C13H23N5O3. The lowest BCUT2D eigenvalue weighted by atomic mass is 9.94. The van der Waals surface area contributed by atoms with E-state index in [0.717, 1.165) is 6.42 Å². The number of rotatable bonds is 7. The Labute approximate surface area is 124 Å². The zero-order valence-electron chi connectivity index (χ0n) is 12.6. The maximum atomic E-state index is 10.4. The van der Waals surface area contributed by atoms with E-state index in [0.29, 0.717) is 51.1 Å². The zero-order chi connectivity index (χ0) is 15.1. The largest absolute Gasteiger partial charge is 0.463 e. The first-order chi connectivity index (χ1) is 10.1. The second kappa shape index (κ2) is 7.37. The standard InChI is InChI=1S/C13H23N5O3/c1-3-6-21-12-17-10(14-2)16-11(18-12)15-9-13(19)4-7-20-8-5-13/h19H,3-9H2,1-2H3,(H2,14,15,16,17,18). The minimum atomic E-state index is -0.783. The minimum Gasteiger partial charge on any atom is -0.463 e. The molecule has 8 nitrogen and oxygen atoms in total. The predicted octanol–water partition coefficient (Wildman–Crippen LogP) is 0.655. The van der Waals surface area contributed by atoms with Crippen molar-refractivity contribution in [1.82, 2.24) is 15.0 Å². The highest BCUT2D eigenvalue weighted by Gasteiger charge is 2.29. The number of nitrogens with zero attached hydrogens (tertiary/aromatic N) is 3. The van der Waals surface area contributed by atoms with Gasteiger partial charge in [0, 0.05) is 39.6 Å². The lowest BCUT2D eigenvalue weighted by Gasteiger charge is -2.32. The van der Waals surface area contributed by atoms with Crippen molar-refractivity contribution in [3.63, 3.8) is 0 Å².